The number of rotatable bonds is 6. The first-order valence-corrected chi connectivity index (χ1v) is 10.5. The van der Waals surface area contributed by atoms with Crippen molar-refractivity contribution in [1.29, 1.82) is 0 Å². The van der Waals surface area contributed by atoms with E-state index < -0.39 is 0 Å². The van der Waals surface area contributed by atoms with Gasteiger partial charge in [0.15, 0.2) is 0 Å². The van der Waals surface area contributed by atoms with Crippen LogP contribution in [0, 0.1) is 12.8 Å². The highest BCUT2D eigenvalue weighted by Crippen LogP contribution is 2.26. The Kier molecular flexibility index (Phi) is 6.88. The molecule has 0 atom stereocenters. The Hall–Kier alpha value is -2.15. The molecule has 0 unspecified atom stereocenters. The van der Waals surface area contributed by atoms with Crippen molar-refractivity contribution >= 4 is 33.6 Å². The number of hydrogen-bond donors (Lipinski definition) is 2. The van der Waals surface area contributed by atoms with Crippen molar-refractivity contribution in [3.8, 4) is 0 Å². The van der Waals surface area contributed by atoms with Crippen molar-refractivity contribution in [3.63, 3.8) is 0 Å². The average molecular weight is 446 g/mol. The second kappa shape index (κ2) is 9.37. The largest absolute Gasteiger partial charge is 0.363 e. The van der Waals surface area contributed by atoms with E-state index in [2.05, 4.69) is 36.5 Å². The lowest BCUT2D eigenvalue weighted by atomic mass is 9.86. The first kappa shape index (κ1) is 20.6. The number of hydrogen-bond acceptors (Lipinski definition) is 5. The van der Waals surface area contributed by atoms with Crippen LogP contribution in [0.25, 0.3) is 0 Å². The number of aryl methyl sites for hydroxylation is 1. The highest BCUT2D eigenvalue weighted by molar-refractivity contribution is 9.10. The summed E-state index contributed by atoms with van der Waals surface area (Å²) in [7, 11) is 3.97. The molecule has 2 aromatic rings. The van der Waals surface area contributed by atoms with Gasteiger partial charge in [0.25, 0.3) is 5.91 Å². The number of aromatic nitrogens is 2. The summed E-state index contributed by atoms with van der Waals surface area (Å²) in [6.45, 7) is 2.72. The van der Waals surface area contributed by atoms with Gasteiger partial charge in [0.05, 0.1) is 0 Å². The van der Waals surface area contributed by atoms with Crippen LogP contribution in [0.5, 0.6) is 0 Å². The highest BCUT2D eigenvalue weighted by atomic mass is 79.9. The molecule has 1 aromatic carbocycles. The van der Waals surface area contributed by atoms with E-state index in [1.54, 1.807) is 0 Å². The number of carbonyl (C=O) groups is 1. The van der Waals surface area contributed by atoms with E-state index in [0.29, 0.717) is 23.5 Å². The molecule has 0 aliphatic heterocycles. The van der Waals surface area contributed by atoms with Crippen LogP contribution in [0.4, 0.5) is 11.8 Å². The summed E-state index contributed by atoms with van der Waals surface area (Å²) in [6, 6.07) is 9.82. The summed E-state index contributed by atoms with van der Waals surface area (Å²) in [5, 5.41) is 6.57. The summed E-state index contributed by atoms with van der Waals surface area (Å²) in [5.74, 6) is 2.14. The van der Waals surface area contributed by atoms with Crippen LogP contribution in [0.3, 0.4) is 0 Å². The van der Waals surface area contributed by atoms with Gasteiger partial charge in [0.2, 0.25) is 5.95 Å². The fourth-order valence-electron chi connectivity index (χ4n) is 3.48. The fourth-order valence-corrected chi connectivity index (χ4v) is 3.74. The van der Waals surface area contributed by atoms with Gasteiger partial charge in [0, 0.05) is 48.5 Å². The molecule has 1 saturated carbocycles. The summed E-state index contributed by atoms with van der Waals surface area (Å²) in [4.78, 5) is 23.4. The van der Waals surface area contributed by atoms with Crippen molar-refractivity contribution in [2.45, 2.75) is 38.6 Å². The number of nitrogens with one attached hydrogen (secondary N) is 2. The molecule has 2 N–H and O–H groups in total. The number of amides is 1. The lowest BCUT2D eigenvalue weighted by Gasteiger charge is -2.29. The van der Waals surface area contributed by atoms with Crippen LogP contribution in [-0.2, 0) is 0 Å². The Morgan fingerprint density at radius 1 is 1.14 bits per heavy atom. The van der Waals surface area contributed by atoms with E-state index in [0.717, 1.165) is 48.2 Å². The second-order valence-corrected chi connectivity index (χ2v) is 8.58. The van der Waals surface area contributed by atoms with Crippen LogP contribution in [0.15, 0.2) is 34.8 Å². The summed E-state index contributed by atoms with van der Waals surface area (Å²) < 4.78 is 0.977. The molecule has 1 aromatic heterocycles. The molecule has 1 fully saturated rings. The Balaban J connectivity index is 1.46. The Bertz CT molecular complexity index is 801. The van der Waals surface area contributed by atoms with E-state index in [1.807, 2.05) is 56.3 Å². The van der Waals surface area contributed by atoms with Crippen molar-refractivity contribution < 1.29 is 4.79 Å². The lowest BCUT2D eigenvalue weighted by molar-refractivity contribution is 0.0943. The third-order valence-electron chi connectivity index (χ3n) is 5.14. The van der Waals surface area contributed by atoms with Crippen molar-refractivity contribution in [3.05, 3.63) is 46.1 Å². The van der Waals surface area contributed by atoms with Gasteiger partial charge in [-0.2, -0.15) is 4.98 Å². The fraction of sp³-hybridized carbons (Fsp3) is 0.476. The first-order valence-electron chi connectivity index (χ1n) is 9.74. The standard InChI is InChI=1S/C21H28BrN5O/c1-14-12-19(27(2)3)26-21(24-14)25-18-10-4-15(5-11-18)13-23-20(28)16-6-8-17(22)9-7-16/h6-9,12,15,18H,4-5,10-11,13H2,1-3H3,(H,23,28)(H,24,25,26)/t15-,18+. The van der Waals surface area contributed by atoms with Gasteiger partial charge < -0.3 is 15.5 Å². The van der Waals surface area contributed by atoms with Gasteiger partial charge in [-0.05, 0) is 62.8 Å². The third-order valence-corrected chi connectivity index (χ3v) is 5.67. The molecule has 1 aliphatic rings. The van der Waals surface area contributed by atoms with Crippen LogP contribution in [0.1, 0.15) is 41.7 Å². The zero-order valence-corrected chi connectivity index (χ0v) is 18.3. The molecule has 0 spiro atoms. The maximum atomic E-state index is 12.3. The molecule has 150 valence electrons. The molecule has 28 heavy (non-hydrogen) atoms. The first-order chi connectivity index (χ1) is 13.4. The minimum Gasteiger partial charge on any atom is -0.363 e. The molecule has 3 rings (SSSR count). The smallest absolute Gasteiger partial charge is 0.251 e. The average Bonchev–Trinajstić information content (AvgIpc) is 2.67. The van der Waals surface area contributed by atoms with Crippen LogP contribution in [0.2, 0.25) is 0 Å². The number of benzene rings is 1. The zero-order chi connectivity index (χ0) is 20.1. The summed E-state index contributed by atoms with van der Waals surface area (Å²) in [5.41, 5.74) is 1.66. The minimum atomic E-state index is -0.00266. The molecule has 7 heteroatoms. The van der Waals surface area contributed by atoms with Gasteiger partial charge >= 0.3 is 0 Å². The molecule has 0 radical (unpaired) electrons. The van der Waals surface area contributed by atoms with Crippen LogP contribution < -0.4 is 15.5 Å². The molecule has 1 amide bonds. The van der Waals surface area contributed by atoms with Gasteiger partial charge in [-0.1, -0.05) is 15.9 Å². The molecule has 6 nitrogen and oxygen atoms in total. The maximum Gasteiger partial charge on any atom is 0.251 e. The normalized spacial score (nSPS) is 19.1. The number of nitrogens with zero attached hydrogens (tertiary/aromatic N) is 3. The molecule has 1 heterocycles. The number of halogens is 1. The van der Waals surface area contributed by atoms with Gasteiger partial charge in [-0.25, -0.2) is 4.98 Å². The lowest BCUT2D eigenvalue weighted by Crippen LogP contribution is -2.34. The van der Waals surface area contributed by atoms with Crippen LogP contribution >= 0.6 is 15.9 Å². The topological polar surface area (TPSA) is 70.2 Å². The van der Waals surface area contributed by atoms with E-state index in [9.17, 15) is 4.79 Å². The Labute approximate surface area is 175 Å². The Morgan fingerprint density at radius 2 is 1.82 bits per heavy atom. The Morgan fingerprint density at radius 3 is 2.46 bits per heavy atom. The molecule has 1 aliphatic carbocycles. The predicted molar refractivity (Wildman–Crippen MR) is 117 cm³/mol. The van der Waals surface area contributed by atoms with Gasteiger partial charge in [0.1, 0.15) is 5.82 Å². The van der Waals surface area contributed by atoms with E-state index in [1.165, 1.54) is 0 Å². The highest BCUT2D eigenvalue weighted by Gasteiger charge is 2.22. The van der Waals surface area contributed by atoms with Crippen molar-refractivity contribution in [1.82, 2.24) is 15.3 Å². The third kappa shape index (κ3) is 5.67. The quantitative estimate of drug-likeness (QED) is 0.702. The SMILES string of the molecule is Cc1cc(N(C)C)nc(N[C@H]2CC[C@@H](CNC(=O)c3ccc(Br)cc3)CC2)n1. The molecular weight excluding hydrogens is 418 g/mol. The van der Waals surface area contributed by atoms with Crippen molar-refractivity contribution in [2.24, 2.45) is 5.92 Å². The maximum absolute atomic E-state index is 12.3. The van der Waals surface area contributed by atoms with E-state index >= 15 is 0 Å². The number of anilines is 2. The second-order valence-electron chi connectivity index (χ2n) is 7.66. The van der Waals surface area contributed by atoms with E-state index in [4.69, 9.17) is 0 Å². The molecule has 0 bridgehead atoms. The van der Waals surface area contributed by atoms with E-state index in [-0.39, 0.29) is 5.91 Å². The summed E-state index contributed by atoms with van der Waals surface area (Å²) >= 11 is 3.39. The zero-order valence-electron chi connectivity index (χ0n) is 16.7. The number of carbonyl (C=O) groups excluding carboxylic acids is 1. The van der Waals surface area contributed by atoms with Gasteiger partial charge in [-0.15, -0.1) is 0 Å². The minimum absolute atomic E-state index is 0.00266. The monoisotopic (exact) mass is 445 g/mol. The molecule has 0 saturated heterocycles. The predicted octanol–water partition coefficient (Wildman–Crippen LogP) is 4.01. The molecular formula is C21H28BrN5O. The van der Waals surface area contributed by atoms with Gasteiger partial charge in [-0.3, -0.25) is 4.79 Å². The van der Waals surface area contributed by atoms with Crippen LogP contribution in [-0.4, -0.2) is 42.6 Å². The van der Waals surface area contributed by atoms with Crippen molar-refractivity contribution in [2.75, 3.05) is 30.9 Å². The summed E-state index contributed by atoms with van der Waals surface area (Å²) in [6.07, 6.45) is 4.30.